The third-order valence-corrected chi connectivity index (χ3v) is 4.76. The molecule has 1 heterocycles. The lowest BCUT2D eigenvalue weighted by Crippen LogP contribution is -2.10. The Balaban J connectivity index is 1.60. The maximum atomic E-state index is 13.6. The zero-order chi connectivity index (χ0) is 18.5. The molecule has 3 rings (SSSR count). The molecule has 0 aliphatic rings. The van der Waals surface area contributed by atoms with Crippen LogP contribution in [0, 0.1) is 11.6 Å². The number of carbonyl (C=O) groups excluding carboxylic acids is 1. The zero-order valence-corrected chi connectivity index (χ0v) is 14.9. The van der Waals surface area contributed by atoms with Crippen LogP contribution in [0.3, 0.4) is 0 Å². The van der Waals surface area contributed by atoms with Crippen molar-refractivity contribution in [1.82, 2.24) is 0 Å². The second-order valence-corrected chi connectivity index (χ2v) is 6.60. The fourth-order valence-corrected chi connectivity index (χ4v) is 3.13. The van der Waals surface area contributed by atoms with E-state index in [-0.39, 0.29) is 18.3 Å². The van der Waals surface area contributed by atoms with Gasteiger partial charge in [-0.15, -0.1) is 11.3 Å². The van der Waals surface area contributed by atoms with Crippen LogP contribution >= 0.6 is 11.3 Å². The van der Waals surface area contributed by atoms with Gasteiger partial charge in [0.1, 0.15) is 12.4 Å². The quantitative estimate of drug-likeness (QED) is 0.626. The highest BCUT2D eigenvalue weighted by Gasteiger charge is 2.11. The summed E-state index contributed by atoms with van der Waals surface area (Å²) in [6, 6.07) is 12.5. The van der Waals surface area contributed by atoms with Crippen LogP contribution < -0.4 is 10.1 Å². The minimum absolute atomic E-state index is 0.0281. The van der Waals surface area contributed by atoms with Gasteiger partial charge in [-0.2, -0.15) is 0 Å². The number of ether oxygens (including phenoxy) is 1. The third kappa shape index (κ3) is 4.46. The Morgan fingerprint density at radius 2 is 1.85 bits per heavy atom. The van der Waals surface area contributed by atoms with Gasteiger partial charge in [0.05, 0.1) is 4.88 Å². The summed E-state index contributed by atoms with van der Waals surface area (Å²) < 4.78 is 31.8. The monoisotopic (exact) mass is 373 g/mol. The van der Waals surface area contributed by atoms with Gasteiger partial charge in [-0.25, -0.2) is 8.78 Å². The van der Waals surface area contributed by atoms with E-state index in [2.05, 4.69) is 12.2 Å². The SMILES string of the molecule is CCc1ccc(NC(=O)c2cc(COc3ccc(F)cc3F)cs2)cc1. The molecule has 0 fully saturated rings. The van der Waals surface area contributed by atoms with Gasteiger partial charge in [0.15, 0.2) is 11.6 Å². The number of carbonyl (C=O) groups is 1. The van der Waals surface area contributed by atoms with Gasteiger partial charge in [0.25, 0.3) is 5.91 Å². The van der Waals surface area contributed by atoms with E-state index >= 15 is 0 Å². The average Bonchev–Trinajstić information content (AvgIpc) is 3.11. The van der Waals surface area contributed by atoms with Gasteiger partial charge in [-0.3, -0.25) is 4.79 Å². The molecule has 6 heteroatoms. The highest BCUT2D eigenvalue weighted by Crippen LogP contribution is 2.22. The van der Waals surface area contributed by atoms with E-state index in [1.165, 1.54) is 23.0 Å². The van der Waals surface area contributed by atoms with E-state index < -0.39 is 11.6 Å². The van der Waals surface area contributed by atoms with Crippen molar-refractivity contribution in [1.29, 1.82) is 0 Å². The van der Waals surface area contributed by atoms with Crippen molar-refractivity contribution in [3.8, 4) is 5.75 Å². The van der Waals surface area contributed by atoms with Crippen molar-refractivity contribution < 1.29 is 18.3 Å². The molecule has 1 amide bonds. The van der Waals surface area contributed by atoms with Gasteiger partial charge in [-0.05, 0) is 47.7 Å². The minimum Gasteiger partial charge on any atom is -0.486 e. The first-order valence-electron chi connectivity index (χ1n) is 8.10. The molecule has 0 unspecified atom stereocenters. The van der Waals surface area contributed by atoms with E-state index in [1.807, 2.05) is 24.3 Å². The van der Waals surface area contributed by atoms with E-state index in [0.29, 0.717) is 4.88 Å². The Morgan fingerprint density at radius 3 is 2.54 bits per heavy atom. The Kier molecular flexibility index (Phi) is 5.63. The molecule has 0 saturated heterocycles. The number of rotatable bonds is 6. The maximum absolute atomic E-state index is 13.6. The summed E-state index contributed by atoms with van der Waals surface area (Å²) in [5, 5.41) is 4.62. The Bertz CT molecular complexity index is 906. The van der Waals surface area contributed by atoms with Crippen LogP contribution in [0.5, 0.6) is 5.75 Å². The molecule has 0 aliphatic carbocycles. The van der Waals surface area contributed by atoms with E-state index in [4.69, 9.17) is 4.74 Å². The second-order valence-electron chi connectivity index (χ2n) is 5.69. The summed E-state index contributed by atoms with van der Waals surface area (Å²) in [6.07, 6.45) is 0.942. The first kappa shape index (κ1) is 18.1. The first-order valence-corrected chi connectivity index (χ1v) is 8.98. The Labute approximate surface area is 154 Å². The molecule has 0 atom stereocenters. The van der Waals surface area contributed by atoms with Crippen molar-refractivity contribution in [3.05, 3.63) is 81.5 Å². The minimum atomic E-state index is -0.756. The molecule has 2 aromatic carbocycles. The summed E-state index contributed by atoms with van der Waals surface area (Å²) in [7, 11) is 0. The van der Waals surface area contributed by atoms with Gasteiger partial charge in [-0.1, -0.05) is 19.1 Å². The van der Waals surface area contributed by atoms with Crippen LogP contribution in [0.2, 0.25) is 0 Å². The Morgan fingerprint density at radius 1 is 1.08 bits per heavy atom. The zero-order valence-electron chi connectivity index (χ0n) is 14.1. The van der Waals surface area contributed by atoms with E-state index in [9.17, 15) is 13.6 Å². The predicted octanol–water partition coefficient (Wildman–Crippen LogP) is 5.42. The fourth-order valence-electron chi connectivity index (χ4n) is 2.34. The molecule has 3 nitrogen and oxygen atoms in total. The Hall–Kier alpha value is -2.73. The third-order valence-electron chi connectivity index (χ3n) is 3.79. The lowest BCUT2D eigenvalue weighted by Gasteiger charge is -2.06. The number of aryl methyl sites for hydroxylation is 1. The molecule has 1 N–H and O–H groups in total. The molecule has 26 heavy (non-hydrogen) atoms. The summed E-state index contributed by atoms with van der Waals surface area (Å²) >= 11 is 1.28. The van der Waals surface area contributed by atoms with Crippen LogP contribution in [0.1, 0.15) is 27.7 Å². The number of nitrogens with one attached hydrogen (secondary N) is 1. The topological polar surface area (TPSA) is 38.3 Å². The largest absolute Gasteiger partial charge is 0.486 e. The van der Waals surface area contributed by atoms with Gasteiger partial charge >= 0.3 is 0 Å². The highest BCUT2D eigenvalue weighted by atomic mass is 32.1. The molecule has 1 aromatic heterocycles. The number of halogens is 2. The van der Waals surface area contributed by atoms with Crippen LogP contribution in [-0.2, 0) is 13.0 Å². The molecule has 0 spiro atoms. The summed E-state index contributed by atoms with van der Waals surface area (Å²) in [5.41, 5.74) is 2.67. The van der Waals surface area contributed by atoms with Crippen molar-refractivity contribution in [3.63, 3.8) is 0 Å². The van der Waals surface area contributed by atoms with Crippen LogP contribution in [-0.4, -0.2) is 5.91 Å². The molecule has 3 aromatic rings. The van der Waals surface area contributed by atoms with Crippen molar-refractivity contribution >= 4 is 22.9 Å². The summed E-state index contributed by atoms with van der Waals surface area (Å²) in [5.74, 6) is -1.65. The number of hydrogen-bond donors (Lipinski definition) is 1. The second kappa shape index (κ2) is 8.10. The standard InChI is InChI=1S/C20H17F2NO2S/c1-2-13-3-6-16(7-4-13)23-20(24)19-9-14(12-26-19)11-25-18-8-5-15(21)10-17(18)22/h3-10,12H,2,11H2,1H3,(H,23,24). The first-order chi connectivity index (χ1) is 12.5. The normalized spacial score (nSPS) is 10.6. The van der Waals surface area contributed by atoms with Crippen molar-refractivity contribution in [2.75, 3.05) is 5.32 Å². The molecular formula is C20H17F2NO2S. The van der Waals surface area contributed by atoms with E-state index in [0.717, 1.165) is 29.8 Å². The van der Waals surface area contributed by atoms with Crippen LogP contribution in [0.15, 0.2) is 53.9 Å². The lowest BCUT2D eigenvalue weighted by molar-refractivity contribution is 0.103. The molecule has 0 radical (unpaired) electrons. The van der Waals surface area contributed by atoms with Crippen molar-refractivity contribution in [2.45, 2.75) is 20.0 Å². The summed E-state index contributed by atoms with van der Waals surface area (Å²) in [6.45, 7) is 2.16. The van der Waals surface area contributed by atoms with Crippen molar-refractivity contribution in [2.24, 2.45) is 0 Å². The van der Waals surface area contributed by atoms with Gasteiger partial charge in [0, 0.05) is 17.3 Å². The average molecular weight is 373 g/mol. The molecule has 0 saturated carbocycles. The van der Waals surface area contributed by atoms with E-state index in [1.54, 1.807) is 11.4 Å². The smallest absolute Gasteiger partial charge is 0.265 e. The number of thiophene rings is 1. The lowest BCUT2D eigenvalue weighted by atomic mass is 10.1. The number of hydrogen-bond acceptors (Lipinski definition) is 3. The molecule has 134 valence electrons. The molecule has 0 aliphatic heterocycles. The van der Waals surface area contributed by atoms with Crippen LogP contribution in [0.4, 0.5) is 14.5 Å². The number of amides is 1. The van der Waals surface area contributed by atoms with Gasteiger partial charge < -0.3 is 10.1 Å². The summed E-state index contributed by atoms with van der Waals surface area (Å²) in [4.78, 5) is 12.8. The molecule has 0 bridgehead atoms. The maximum Gasteiger partial charge on any atom is 0.265 e. The van der Waals surface area contributed by atoms with Crippen LogP contribution in [0.25, 0.3) is 0 Å². The highest BCUT2D eigenvalue weighted by molar-refractivity contribution is 7.12. The predicted molar refractivity (Wildman–Crippen MR) is 98.8 cm³/mol. The number of benzene rings is 2. The molecular weight excluding hydrogens is 356 g/mol. The van der Waals surface area contributed by atoms with Gasteiger partial charge in [0.2, 0.25) is 0 Å². The number of anilines is 1. The fraction of sp³-hybridized carbons (Fsp3) is 0.150.